The van der Waals surface area contributed by atoms with Gasteiger partial charge in [0.05, 0.1) is 12.3 Å². The van der Waals surface area contributed by atoms with Crippen LogP contribution in [0, 0.1) is 0 Å². The molecule has 0 aliphatic rings. The third-order valence-electron chi connectivity index (χ3n) is 3.39. The Kier molecular flexibility index (Phi) is 3.85. The second-order valence-corrected chi connectivity index (χ2v) is 5.30. The molecule has 20 heavy (non-hydrogen) atoms. The maximum atomic E-state index is 5.39. The Bertz CT molecular complexity index is 718. The number of fused-ring (bicyclic) bond motifs is 1. The molecule has 1 atom stereocenters. The SMILES string of the molecule is CCNC(c1ccoc1Br)c1cccc2ccncc12. The Morgan fingerprint density at radius 3 is 2.90 bits per heavy atom. The van der Waals surface area contributed by atoms with E-state index in [1.54, 1.807) is 6.26 Å². The highest BCUT2D eigenvalue weighted by molar-refractivity contribution is 9.10. The summed E-state index contributed by atoms with van der Waals surface area (Å²) in [7, 11) is 0. The van der Waals surface area contributed by atoms with Gasteiger partial charge in [-0.25, -0.2) is 0 Å². The molecular weight excluding hydrogens is 316 g/mol. The first kappa shape index (κ1) is 13.3. The zero-order valence-corrected chi connectivity index (χ0v) is 12.7. The van der Waals surface area contributed by atoms with Crippen LogP contribution in [0.4, 0.5) is 0 Å². The number of furan rings is 1. The molecule has 0 spiro atoms. The summed E-state index contributed by atoms with van der Waals surface area (Å²) in [6.45, 7) is 2.98. The van der Waals surface area contributed by atoms with Crippen molar-refractivity contribution in [3.05, 3.63) is 64.8 Å². The van der Waals surface area contributed by atoms with Gasteiger partial charge in [-0.2, -0.15) is 0 Å². The highest BCUT2D eigenvalue weighted by Gasteiger charge is 2.19. The van der Waals surface area contributed by atoms with Crippen molar-refractivity contribution in [1.29, 1.82) is 0 Å². The van der Waals surface area contributed by atoms with E-state index in [0.29, 0.717) is 0 Å². The van der Waals surface area contributed by atoms with E-state index < -0.39 is 0 Å². The van der Waals surface area contributed by atoms with E-state index in [9.17, 15) is 0 Å². The van der Waals surface area contributed by atoms with Crippen LogP contribution in [0.3, 0.4) is 0 Å². The van der Waals surface area contributed by atoms with Gasteiger partial charge in [0.25, 0.3) is 0 Å². The third-order valence-corrected chi connectivity index (χ3v) is 4.04. The van der Waals surface area contributed by atoms with Crippen LogP contribution in [0.1, 0.15) is 24.1 Å². The smallest absolute Gasteiger partial charge is 0.174 e. The number of rotatable bonds is 4. The van der Waals surface area contributed by atoms with Crippen LogP contribution in [0.2, 0.25) is 0 Å². The topological polar surface area (TPSA) is 38.1 Å². The van der Waals surface area contributed by atoms with E-state index in [0.717, 1.165) is 22.2 Å². The Balaban J connectivity index is 2.17. The van der Waals surface area contributed by atoms with E-state index in [1.807, 2.05) is 24.5 Å². The Morgan fingerprint density at radius 2 is 2.15 bits per heavy atom. The lowest BCUT2D eigenvalue weighted by atomic mass is 9.96. The molecular formula is C16H15BrN2O. The molecule has 3 aromatic rings. The van der Waals surface area contributed by atoms with Crippen molar-refractivity contribution in [2.45, 2.75) is 13.0 Å². The predicted molar refractivity (Wildman–Crippen MR) is 83.7 cm³/mol. The third kappa shape index (κ3) is 2.37. The van der Waals surface area contributed by atoms with Crippen molar-refractivity contribution in [3.63, 3.8) is 0 Å². The molecule has 3 nitrogen and oxygen atoms in total. The van der Waals surface area contributed by atoms with Crippen molar-refractivity contribution in [2.24, 2.45) is 0 Å². The fourth-order valence-electron chi connectivity index (χ4n) is 2.49. The minimum atomic E-state index is 0.0843. The van der Waals surface area contributed by atoms with Crippen LogP contribution >= 0.6 is 15.9 Å². The number of hydrogen-bond acceptors (Lipinski definition) is 3. The molecule has 0 amide bonds. The lowest BCUT2D eigenvalue weighted by Crippen LogP contribution is -2.22. The number of aromatic nitrogens is 1. The molecule has 102 valence electrons. The highest BCUT2D eigenvalue weighted by Crippen LogP contribution is 2.33. The summed E-state index contributed by atoms with van der Waals surface area (Å²) in [5.41, 5.74) is 2.31. The summed E-state index contributed by atoms with van der Waals surface area (Å²) in [6.07, 6.45) is 5.44. The first-order valence-electron chi connectivity index (χ1n) is 6.60. The fraction of sp³-hybridized carbons (Fsp3) is 0.188. The second-order valence-electron chi connectivity index (χ2n) is 4.58. The first-order chi connectivity index (χ1) is 9.81. The maximum absolute atomic E-state index is 5.39. The molecule has 0 aliphatic heterocycles. The summed E-state index contributed by atoms with van der Waals surface area (Å²) in [5.74, 6) is 0. The van der Waals surface area contributed by atoms with E-state index in [4.69, 9.17) is 4.42 Å². The summed E-state index contributed by atoms with van der Waals surface area (Å²) in [5, 5.41) is 5.87. The van der Waals surface area contributed by atoms with Crippen molar-refractivity contribution < 1.29 is 4.42 Å². The van der Waals surface area contributed by atoms with Crippen LogP contribution in [0.25, 0.3) is 10.8 Å². The molecule has 0 aliphatic carbocycles. The Labute approximate surface area is 126 Å². The highest BCUT2D eigenvalue weighted by atomic mass is 79.9. The number of benzene rings is 1. The van der Waals surface area contributed by atoms with E-state index in [1.165, 1.54) is 10.9 Å². The van der Waals surface area contributed by atoms with E-state index in [-0.39, 0.29) is 6.04 Å². The maximum Gasteiger partial charge on any atom is 0.174 e. The molecule has 0 radical (unpaired) electrons. The normalized spacial score (nSPS) is 12.7. The number of pyridine rings is 1. The van der Waals surface area contributed by atoms with Gasteiger partial charge in [-0.15, -0.1) is 0 Å². The molecule has 1 aromatic carbocycles. The zero-order valence-electron chi connectivity index (χ0n) is 11.1. The van der Waals surface area contributed by atoms with Gasteiger partial charge < -0.3 is 9.73 Å². The molecule has 3 rings (SSSR count). The molecule has 4 heteroatoms. The molecule has 1 unspecified atom stereocenters. The van der Waals surface area contributed by atoms with Gasteiger partial charge in [0.1, 0.15) is 0 Å². The van der Waals surface area contributed by atoms with Crippen LogP contribution in [0.5, 0.6) is 0 Å². The average molecular weight is 331 g/mol. The minimum absolute atomic E-state index is 0.0843. The van der Waals surface area contributed by atoms with Gasteiger partial charge in [0, 0.05) is 23.3 Å². The molecule has 0 saturated heterocycles. The second kappa shape index (κ2) is 5.77. The van der Waals surface area contributed by atoms with Gasteiger partial charge in [-0.05, 0) is 45.6 Å². The Morgan fingerprint density at radius 1 is 1.25 bits per heavy atom. The van der Waals surface area contributed by atoms with Crippen molar-refractivity contribution in [2.75, 3.05) is 6.54 Å². The van der Waals surface area contributed by atoms with E-state index in [2.05, 4.69) is 51.4 Å². The van der Waals surface area contributed by atoms with Gasteiger partial charge in [0.2, 0.25) is 0 Å². The van der Waals surface area contributed by atoms with Gasteiger partial charge in [0.15, 0.2) is 4.67 Å². The summed E-state index contributed by atoms with van der Waals surface area (Å²) < 4.78 is 6.15. The fourth-order valence-corrected chi connectivity index (χ4v) is 2.96. The van der Waals surface area contributed by atoms with Crippen LogP contribution < -0.4 is 5.32 Å². The number of nitrogens with zero attached hydrogens (tertiary/aromatic N) is 1. The lowest BCUT2D eigenvalue weighted by molar-refractivity contribution is 0.527. The molecule has 0 bridgehead atoms. The molecule has 2 heterocycles. The van der Waals surface area contributed by atoms with Gasteiger partial charge in [-0.1, -0.05) is 25.1 Å². The Hall–Kier alpha value is -1.65. The van der Waals surface area contributed by atoms with Crippen LogP contribution in [-0.4, -0.2) is 11.5 Å². The van der Waals surface area contributed by atoms with E-state index >= 15 is 0 Å². The summed E-state index contributed by atoms with van der Waals surface area (Å²) >= 11 is 3.48. The van der Waals surface area contributed by atoms with Crippen LogP contribution in [-0.2, 0) is 0 Å². The van der Waals surface area contributed by atoms with Crippen molar-refractivity contribution in [1.82, 2.24) is 10.3 Å². The molecule has 0 saturated carbocycles. The summed E-state index contributed by atoms with van der Waals surface area (Å²) in [4.78, 5) is 4.26. The average Bonchev–Trinajstić information content (AvgIpc) is 2.90. The zero-order chi connectivity index (χ0) is 13.9. The molecule has 0 fully saturated rings. The van der Waals surface area contributed by atoms with Crippen molar-refractivity contribution in [3.8, 4) is 0 Å². The molecule has 2 aromatic heterocycles. The largest absolute Gasteiger partial charge is 0.457 e. The summed E-state index contributed by atoms with van der Waals surface area (Å²) in [6, 6.07) is 10.4. The minimum Gasteiger partial charge on any atom is -0.457 e. The predicted octanol–water partition coefficient (Wildman–Crippen LogP) is 4.29. The van der Waals surface area contributed by atoms with Gasteiger partial charge in [-0.3, -0.25) is 4.98 Å². The number of halogens is 1. The quantitative estimate of drug-likeness (QED) is 0.775. The number of nitrogens with one attached hydrogen (secondary N) is 1. The lowest BCUT2D eigenvalue weighted by Gasteiger charge is -2.19. The molecule has 1 N–H and O–H groups in total. The van der Waals surface area contributed by atoms with Gasteiger partial charge >= 0.3 is 0 Å². The standard InChI is InChI=1S/C16H15BrN2O/c1-2-19-15(13-7-9-20-16(13)17)12-5-3-4-11-6-8-18-10-14(11)12/h3-10,15,19H,2H2,1H3. The first-order valence-corrected chi connectivity index (χ1v) is 7.39. The van der Waals surface area contributed by atoms with Crippen LogP contribution in [0.15, 0.2) is 58.1 Å². The number of hydrogen-bond donors (Lipinski definition) is 1. The monoisotopic (exact) mass is 330 g/mol. The van der Waals surface area contributed by atoms with Crippen molar-refractivity contribution >= 4 is 26.7 Å².